The van der Waals surface area contributed by atoms with E-state index in [1.165, 1.54) is 37.8 Å². The van der Waals surface area contributed by atoms with Gasteiger partial charge < -0.3 is 5.32 Å². The molecule has 0 aromatic carbocycles. The summed E-state index contributed by atoms with van der Waals surface area (Å²) in [6, 6.07) is 2.77. The number of aromatic nitrogens is 2. The Kier molecular flexibility index (Phi) is 4.60. The van der Waals surface area contributed by atoms with Crippen LogP contribution in [0.1, 0.15) is 44.7 Å². The number of hydrogen-bond acceptors (Lipinski definition) is 2. The summed E-state index contributed by atoms with van der Waals surface area (Å²) in [5, 5.41) is 7.87. The Morgan fingerprint density at radius 3 is 2.82 bits per heavy atom. The van der Waals surface area contributed by atoms with Gasteiger partial charge in [-0.25, -0.2) is 0 Å². The van der Waals surface area contributed by atoms with Crippen LogP contribution in [-0.2, 0) is 13.5 Å². The van der Waals surface area contributed by atoms with Gasteiger partial charge in [0.2, 0.25) is 0 Å². The number of hydrogen-bond donors (Lipinski definition) is 1. The smallest absolute Gasteiger partial charge is 0.0492 e. The molecular formula is C14H25N3. The van der Waals surface area contributed by atoms with Crippen molar-refractivity contribution in [1.29, 1.82) is 0 Å². The molecule has 0 amide bonds. The molecule has 1 saturated carbocycles. The van der Waals surface area contributed by atoms with Crippen molar-refractivity contribution in [3.05, 3.63) is 18.0 Å². The fourth-order valence-electron chi connectivity index (χ4n) is 2.88. The molecule has 0 saturated heterocycles. The van der Waals surface area contributed by atoms with E-state index in [2.05, 4.69) is 23.4 Å². The van der Waals surface area contributed by atoms with Gasteiger partial charge in [0.25, 0.3) is 0 Å². The third-order valence-corrected chi connectivity index (χ3v) is 4.13. The third-order valence-electron chi connectivity index (χ3n) is 4.13. The number of nitrogens with one attached hydrogen (secondary N) is 1. The standard InChI is InChI=1S/C14H25N3/c1-12(13-6-4-3-5-7-13)15-10-8-14-9-11-16-17(14)2/h9,11-13,15H,3-8,10H2,1-2H3. The second-order valence-electron chi connectivity index (χ2n) is 5.34. The molecule has 0 radical (unpaired) electrons. The van der Waals surface area contributed by atoms with Crippen LogP contribution in [0.15, 0.2) is 12.3 Å². The molecule has 1 aromatic rings. The fraction of sp³-hybridized carbons (Fsp3) is 0.786. The van der Waals surface area contributed by atoms with E-state index >= 15 is 0 Å². The summed E-state index contributed by atoms with van der Waals surface area (Å²) in [5.41, 5.74) is 1.31. The van der Waals surface area contributed by atoms with Crippen LogP contribution in [0.25, 0.3) is 0 Å². The van der Waals surface area contributed by atoms with Crippen LogP contribution in [0.4, 0.5) is 0 Å². The summed E-state index contributed by atoms with van der Waals surface area (Å²) in [7, 11) is 2.01. The predicted octanol–water partition coefficient (Wildman–Crippen LogP) is 2.52. The first-order valence-electron chi connectivity index (χ1n) is 6.97. The Morgan fingerprint density at radius 1 is 1.41 bits per heavy atom. The van der Waals surface area contributed by atoms with Gasteiger partial charge in [0.15, 0.2) is 0 Å². The van der Waals surface area contributed by atoms with Crippen LogP contribution in [0.2, 0.25) is 0 Å². The van der Waals surface area contributed by atoms with E-state index in [4.69, 9.17) is 0 Å². The lowest BCUT2D eigenvalue weighted by Gasteiger charge is -2.28. The van der Waals surface area contributed by atoms with Gasteiger partial charge in [-0.2, -0.15) is 5.10 Å². The number of nitrogens with zero attached hydrogens (tertiary/aromatic N) is 2. The summed E-state index contributed by atoms with van der Waals surface area (Å²) >= 11 is 0. The van der Waals surface area contributed by atoms with Crippen molar-refractivity contribution in [2.24, 2.45) is 13.0 Å². The minimum absolute atomic E-state index is 0.670. The number of rotatable bonds is 5. The molecule has 3 nitrogen and oxygen atoms in total. The molecule has 0 bridgehead atoms. The second-order valence-corrected chi connectivity index (χ2v) is 5.34. The first-order valence-corrected chi connectivity index (χ1v) is 6.97. The molecule has 1 atom stereocenters. The molecule has 3 heteroatoms. The number of aryl methyl sites for hydroxylation is 1. The van der Waals surface area contributed by atoms with E-state index in [9.17, 15) is 0 Å². The molecule has 0 aliphatic heterocycles. The van der Waals surface area contributed by atoms with Crippen LogP contribution in [0.3, 0.4) is 0 Å². The normalized spacial score (nSPS) is 19.4. The molecule has 1 aliphatic carbocycles. The summed E-state index contributed by atoms with van der Waals surface area (Å²) in [6.07, 6.45) is 10.1. The second kappa shape index (κ2) is 6.20. The Hall–Kier alpha value is -0.830. The molecule has 1 aromatic heterocycles. The van der Waals surface area contributed by atoms with Crippen molar-refractivity contribution in [2.75, 3.05) is 6.54 Å². The van der Waals surface area contributed by atoms with Crippen LogP contribution < -0.4 is 5.32 Å². The molecule has 17 heavy (non-hydrogen) atoms. The van der Waals surface area contributed by atoms with E-state index in [1.54, 1.807) is 0 Å². The highest BCUT2D eigenvalue weighted by Crippen LogP contribution is 2.26. The predicted molar refractivity (Wildman–Crippen MR) is 71.0 cm³/mol. The van der Waals surface area contributed by atoms with Gasteiger partial charge in [-0.05, 0) is 31.7 Å². The Balaban J connectivity index is 1.69. The minimum Gasteiger partial charge on any atom is -0.314 e. The summed E-state index contributed by atoms with van der Waals surface area (Å²) in [6.45, 7) is 3.41. The molecule has 1 N–H and O–H groups in total. The Bertz CT molecular complexity index is 326. The maximum atomic E-state index is 4.19. The highest BCUT2D eigenvalue weighted by atomic mass is 15.3. The first kappa shape index (κ1) is 12.6. The van der Waals surface area contributed by atoms with Gasteiger partial charge >= 0.3 is 0 Å². The van der Waals surface area contributed by atoms with Crippen molar-refractivity contribution in [2.45, 2.75) is 51.5 Å². The van der Waals surface area contributed by atoms with Crippen LogP contribution in [-0.4, -0.2) is 22.4 Å². The lowest BCUT2D eigenvalue weighted by molar-refractivity contribution is 0.282. The van der Waals surface area contributed by atoms with E-state index < -0.39 is 0 Å². The highest BCUT2D eigenvalue weighted by molar-refractivity contribution is 5.00. The quantitative estimate of drug-likeness (QED) is 0.850. The maximum Gasteiger partial charge on any atom is 0.0492 e. The Labute approximate surface area is 105 Å². The molecule has 0 spiro atoms. The third kappa shape index (κ3) is 3.56. The molecular weight excluding hydrogens is 210 g/mol. The molecule has 1 aliphatic rings. The van der Waals surface area contributed by atoms with Crippen molar-refractivity contribution < 1.29 is 0 Å². The maximum absolute atomic E-state index is 4.19. The van der Waals surface area contributed by atoms with Crippen molar-refractivity contribution in [1.82, 2.24) is 15.1 Å². The molecule has 2 rings (SSSR count). The molecule has 1 heterocycles. The zero-order chi connectivity index (χ0) is 12.1. The van der Waals surface area contributed by atoms with Gasteiger partial charge in [-0.3, -0.25) is 4.68 Å². The fourth-order valence-corrected chi connectivity index (χ4v) is 2.88. The Morgan fingerprint density at radius 2 is 2.18 bits per heavy atom. The zero-order valence-corrected chi connectivity index (χ0v) is 11.2. The van der Waals surface area contributed by atoms with Crippen molar-refractivity contribution in [3.8, 4) is 0 Å². The van der Waals surface area contributed by atoms with Gasteiger partial charge in [-0.1, -0.05) is 19.3 Å². The zero-order valence-electron chi connectivity index (χ0n) is 11.2. The van der Waals surface area contributed by atoms with E-state index in [0.29, 0.717) is 6.04 Å². The summed E-state index contributed by atoms with van der Waals surface area (Å²) < 4.78 is 1.97. The van der Waals surface area contributed by atoms with Gasteiger partial charge in [0, 0.05) is 37.9 Å². The van der Waals surface area contributed by atoms with E-state index in [-0.39, 0.29) is 0 Å². The SMILES string of the molecule is CC(NCCc1ccnn1C)C1CCCCC1. The van der Waals surface area contributed by atoms with Crippen molar-refractivity contribution in [3.63, 3.8) is 0 Å². The molecule has 1 fully saturated rings. The van der Waals surface area contributed by atoms with Crippen molar-refractivity contribution >= 4 is 0 Å². The van der Waals surface area contributed by atoms with Crippen LogP contribution in [0.5, 0.6) is 0 Å². The lowest BCUT2D eigenvalue weighted by atomic mass is 9.84. The molecule has 96 valence electrons. The van der Waals surface area contributed by atoms with Gasteiger partial charge in [0.05, 0.1) is 0 Å². The minimum atomic E-state index is 0.670. The first-order chi connectivity index (χ1) is 8.27. The van der Waals surface area contributed by atoms with E-state index in [0.717, 1.165) is 18.9 Å². The summed E-state index contributed by atoms with van der Waals surface area (Å²) in [5.74, 6) is 0.898. The summed E-state index contributed by atoms with van der Waals surface area (Å²) in [4.78, 5) is 0. The highest BCUT2D eigenvalue weighted by Gasteiger charge is 2.19. The van der Waals surface area contributed by atoms with Crippen LogP contribution in [0, 0.1) is 5.92 Å². The topological polar surface area (TPSA) is 29.9 Å². The average Bonchev–Trinajstić information content (AvgIpc) is 2.76. The molecule has 1 unspecified atom stereocenters. The van der Waals surface area contributed by atoms with Crippen LogP contribution >= 0.6 is 0 Å². The van der Waals surface area contributed by atoms with Gasteiger partial charge in [-0.15, -0.1) is 0 Å². The average molecular weight is 235 g/mol. The lowest BCUT2D eigenvalue weighted by Crippen LogP contribution is -2.36. The monoisotopic (exact) mass is 235 g/mol. The largest absolute Gasteiger partial charge is 0.314 e. The van der Waals surface area contributed by atoms with Gasteiger partial charge in [0.1, 0.15) is 0 Å². The van der Waals surface area contributed by atoms with E-state index in [1.807, 2.05) is 17.9 Å².